The van der Waals surface area contributed by atoms with E-state index in [2.05, 4.69) is 10.5 Å². The summed E-state index contributed by atoms with van der Waals surface area (Å²) in [5, 5.41) is 30.9. The molecule has 1 aromatic rings. The molecule has 1 amide bonds. The summed E-state index contributed by atoms with van der Waals surface area (Å²) in [5.41, 5.74) is 3.64. The van der Waals surface area contributed by atoms with Gasteiger partial charge in [-0.3, -0.25) is 14.4 Å². The molecule has 27 heavy (non-hydrogen) atoms. The lowest BCUT2D eigenvalue weighted by Crippen LogP contribution is -2.29. The summed E-state index contributed by atoms with van der Waals surface area (Å²) in [7, 11) is 0. The van der Waals surface area contributed by atoms with Crippen molar-refractivity contribution in [3.63, 3.8) is 0 Å². The molecular weight excluding hydrogens is 352 g/mol. The van der Waals surface area contributed by atoms with Crippen molar-refractivity contribution in [2.75, 3.05) is 6.61 Å². The molecule has 0 fully saturated rings. The lowest BCUT2D eigenvalue weighted by atomic mass is 9.83. The fourth-order valence-electron chi connectivity index (χ4n) is 2.70. The summed E-state index contributed by atoms with van der Waals surface area (Å²) in [6.45, 7) is 1.00. The van der Waals surface area contributed by atoms with Crippen molar-refractivity contribution in [1.82, 2.24) is 5.43 Å². The smallest absolute Gasteiger partial charge is 0.240 e. The van der Waals surface area contributed by atoms with Gasteiger partial charge in [-0.1, -0.05) is 24.3 Å². The van der Waals surface area contributed by atoms with E-state index >= 15 is 0 Å². The van der Waals surface area contributed by atoms with E-state index in [1.165, 1.54) is 6.21 Å². The molecule has 1 aliphatic rings. The first kappa shape index (κ1) is 20.6. The Labute approximate surface area is 156 Å². The van der Waals surface area contributed by atoms with Crippen LogP contribution >= 0.6 is 0 Å². The van der Waals surface area contributed by atoms with Crippen molar-refractivity contribution >= 4 is 23.7 Å². The van der Waals surface area contributed by atoms with Gasteiger partial charge in [0, 0.05) is 41.3 Å². The second-order valence-corrected chi connectivity index (χ2v) is 6.21. The normalized spacial score (nSPS) is 16.4. The van der Waals surface area contributed by atoms with E-state index in [0.717, 1.165) is 0 Å². The van der Waals surface area contributed by atoms with Gasteiger partial charge in [0.25, 0.3) is 0 Å². The second kappa shape index (κ2) is 9.31. The average Bonchev–Trinajstić information content (AvgIpc) is 2.68. The van der Waals surface area contributed by atoms with Gasteiger partial charge in [-0.2, -0.15) is 5.10 Å². The van der Waals surface area contributed by atoms with Crippen molar-refractivity contribution in [1.29, 1.82) is 0 Å². The Balaban J connectivity index is 1.91. The van der Waals surface area contributed by atoms with E-state index in [9.17, 15) is 24.6 Å². The lowest BCUT2D eigenvalue weighted by Gasteiger charge is -2.18. The third-order valence-electron chi connectivity index (χ3n) is 4.34. The third kappa shape index (κ3) is 4.94. The molecule has 2 unspecified atom stereocenters. The minimum Gasteiger partial charge on any atom is -0.394 e. The van der Waals surface area contributed by atoms with Gasteiger partial charge < -0.3 is 15.3 Å². The van der Waals surface area contributed by atoms with Crippen LogP contribution < -0.4 is 5.43 Å². The lowest BCUT2D eigenvalue weighted by molar-refractivity contribution is -0.121. The first-order valence-electron chi connectivity index (χ1n) is 8.52. The van der Waals surface area contributed by atoms with Gasteiger partial charge in [0.1, 0.15) is 6.10 Å². The van der Waals surface area contributed by atoms with Crippen LogP contribution in [-0.2, 0) is 4.79 Å². The van der Waals surface area contributed by atoms with Crippen LogP contribution in [0.5, 0.6) is 0 Å². The number of hydrogen-bond donors (Lipinski definition) is 4. The highest BCUT2D eigenvalue weighted by Crippen LogP contribution is 2.28. The summed E-state index contributed by atoms with van der Waals surface area (Å²) in [4.78, 5) is 36.8. The molecule has 1 aliphatic carbocycles. The van der Waals surface area contributed by atoms with E-state index < -0.39 is 24.7 Å². The van der Waals surface area contributed by atoms with Gasteiger partial charge in [0.15, 0.2) is 11.6 Å². The van der Waals surface area contributed by atoms with Crippen LogP contribution in [0, 0.1) is 0 Å². The molecule has 8 heteroatoms. The number of carbonyl (C=O) groups is 3. The minimum atomic E-state index is -1.28. The quantitative estimate of drug-likeness (QED) is 0.383. The highest BCUT2D eigenvalue weighted by atomic mass is 16.4. The van der Waals surface area contributed by atoms with Crippen molar-refractivity contribution in [2.24, 2.45) is 5.10 Å². The Hall–Kier alpha value is -2.68. The Morgan fingerprint density at radius 3 is 2.41 bits per heavy atom. The molecule has 0 aromatic heterocycles. The number of ketones is 2. The van der Waals surface area contributed by atoms with Gasteiger partial charge in [-0.15, -0.1) is 0 Å². The van der Waals surface area contributed by atoms with Gasteiger partial charge in [-0.05, 0) is 13.3 Å². The zero-order chi connectivity index (χ0) is 20.0. The van der Waals surface area contributed by atoms with Crippen molar-refractivity contribution in [3.05, 3.63) is 46.5 Å². The van der Waals surface area contributed by atoms with Gasteiger partial charge >= 0.3 is 0 Å². The van der Waals surface area contributed by atoms with Gasteiger partial charge in [-0.25, -0.2) is 5.43 Å². The average molecular weight is 374 g/mol. The van der Waals surface area contributed by atoms with E-state index in [-0.39, 0.29) is 30.8 Å². The predicted octanol–water partition coefficient (Wildman–Crippen LogP) is 0.369. The van der Waals surface area contributed by atoms with Crippen LogP contribution in [-0.4, -0.2) is 57.8 Å². The van der Waals surface area contributed by atoms with E-state index in [1.807, 2.05) is 0 Å². The van der Waals surface area contributed by atoms with E-state index in [1.54, 1.807) is 31.2 Å². The molecule has 8 nitrogen and oxygen atoms in total. The third-order valence-corrected chi connectivity index (χ3v) is 4.34. The summed E-state index contributed by atoms with van der Waals surface area (Å²) >= 11 is 0. The van der Waals surface area contributed by atoms with Gasteiger partial charge in [0.05, 0.1) is 12.7 Å². The number of nitrogens with one attached hydrogen (secondary N) is 1. The second-order valence-electron chi connectivity index (χ2n) is 6.21. The molecule has 0 spiro atoms. The summed E-state index contributed by atoms with van der Waals surface area (Å²) in [5.74, 6) is -0.918. The van der Waals surface area contributed by atoms with Crippen molar-refractivity contribution in [2.45, 2.75) is 38.4 Å². The van der Waals surface area contributed by atoms with Gasteiger partial charge in [0.2, 0.25) is 5.91 Å². The monoisotopic (exact) mass is 374 g/mol. The number of rotatable bonds is 8. The largest absolute Gasteiger partial charge is 0.394 e. The fraction of sp³-hybridized carbons (Fsp3) is 0.368. The Morgan fingerprint density at radius 2 is 1.78 bits per heavy atom. The zero-order valence-corrected chi connectivity index (χ0v) is 14.9. The molecule has 2 rings (SSSR count). The highest BCUT2D eigenvalue weighted by molar-refractivity contribution is 6.26. The molecule has 0 bridgehead atoms. The first-order chi connectivity index (χ1) is 12.9. The standard InChI is InChI=1S/C19H22N2O6/c1-11-12(19(27)14-5-3-2-4-13(14)18(11)26)6-7-17(25)21-20-9-8-15(23)16(24)10-22/h2-5,9,15-16,22-24H,6-8,10H2,1H3,(H,21,25)/b20-9+. The molecule has 144 valence electrons. The van der Waals surface area contributed by atoms with Crippen LogP contribution in [0.1, 0.15) is 46.9 Å². The van der Waals surface area contributed by atoms with Crippen LogP contribution in [0.2, 0.25) is 0 Å². The first-order valence-corrected chi connectivity index (χ1v) is 8.52. The Bertz CT molecular complexity index is 799. The summed E-state index contributed by atoms with van der Waals surface area (Å²) in [6.07, 6.45) is -1.23. The molecule has 0 saturated carbocycles. The molecule has 4 N–H and O–H groups in total. The van der Waals surface area contributed by atoms with Crippen LogP contribution in [0.4, 0.5) is 0 Å². The maximum atomic E-state index is 12.6. The molecule has 0 radical (unpaired) electrons. The molecule has 0 saturated heterocycles. The number of hydrazone groups is 1. The van der Waals surface area contributed by atoms with Crippen molar-refractivity contribution < 1.29 is 29.7 Å². The number of benzene rings is 1. The summed E-state index contributed by atoms with van der Waals surface area (Å²) < 4.78 is 0. The number of carbonyl (C=O) groups excluding carboxylic acids is 3. The maximum Gasteiger partial charge on any atom is 0.240 e. The Kier molecular flexibility index (Phi) is 7.12. The topological polar surface area (TPSA) is 136 Å². The number of nitrogens with zero attached hydrogens (tertiary/aromatic N) is 1. The van der Waals surface area contributed by atoms with Crippen molar-refractivity contribution in [3.8, 4) is 0 Å². The number of aliphatic hydroxyl groups excluding tert-OH is 3. The number of Topliss-reactive ketones (excluding diaryl/α,β-unsaturated/α-hetero) is 2. The molecule has 0 aliphatic heterocycles. The number of allylic oxidation sites excluding steroid dienone is 2. The SMILES string of the molecule is CC1=C(CCC(=O)N/N=C/CC(O)C(O)CO)C(=O)c2ccccc2C1=O. The maximum absolute atomic E-state index is 12.6. The number of fused-ring (bicyclic) bond motifs is 1. The fourth-order valence-corrected chi connectivity index (χ4v) is 2.70. The molecule has 0 heterocycles. The number of aliphatic hydroxyl groups is 3. The van der Waals surface area contributed by atoms with E-state index in [4.69, 9.17) is 5.11 Å². The predicted molar refractivity (Wildman–Crippen MR) is 97.4 cm³/mol. The number of amides is 1. The zero-order valence-electron chi connectivity index (χ0n) is 14.9. The summed E-state index contributed by atoms with van der Waals surface area (Å²) in [6, 6.07) is 6.59. The molecule has 2 atom stereocenters. The highest BCUT2D eigenvalue weighted by Gasteiger charge is 2.29. The van der Waals surface area contributed by atoms with Crippen LogP contribution in [0.25, 0.3) is 0 Å². The van der Waals surface area contributed by atoms with Crippen LogP contribution in [0.3, 0.4) is 0 Å². The number of hydrogen-bond acceptors (Lipinski definition) is 7. The van der Waals surface area contributed by atoms with E-state index in [0.29, 0.717) is 22.3 Å². The van der Waals surface area contributed by atoms with Crippen LogP contribution in [0.15, 0.2) is 40.5 Å². The molecular formula is C19H22N2O6. The molecule has 1 aromatic carbocycles. The minimum absolute atomic E-state index is 0.0347. The Morgan fingerprint density at radius 1 is 1.15 bits per heavy atom.